The molecule has 5 N–H and O–H groups in total. The maximum absolute atomic E-state index is 11.7. The van der Waals surface area contributed by atoms with E-state index in [-0.39, 0.29) is 12.3 Å². The smallest absolute Gasteiger partial charge is 0.243 e. The molecule has 0 aliphatic rings. The van der Waals surface area contributed by atoms with E-state index in [4.69, 9.17) is 11.5 Å². The van der Waals surface area contributed by atoms with Gasteiger partial charge in [0.25, 0.3) is 0 Å². The van der Waals surface area contributed by atoms with Crippen molar-refractivity contribution in [2.45, 2.75) is 122 Å². The fraction of sp³-hybridized carbons (Fsp3) is 0.864. The van der Waals surface area contributed by atoms with Crippen LogP contribution in [-0.2, 0) is 14.4 Å². The van der Waals surface area contributed by atoms with Crippen LogP contribution in [0.4, 0.5) is 0 Å². The van der Waals surface area contributed by atoms with E-state index in [1.807, 2.05) is 0 Å². The molecule has 0 bridgehead atoms. The van der Waals surface area contributed by atoms with Crippen molar-refractivity contribution in [1.82, 2.24) is 5.32 Å². The number of primary amides is 1. The first kappa shape index (κ1) is 26.6. The second-order valence-electron chi connectivity index (χ2n) is 7.89. The van der Waals surface area contributed by atoms with Crippen molar-refractivity contribution in [2.75, 3.05) is 0 Å². The van der Waals surface area contributed by atoms with Crippen molar-refractivity contribution in [1.29, 1.82) is 0 Å². The number of amides is 3. The molecular formula is C22H43N3O3. The maximum atomic E-state index is 11.7. The van der Waals surface area contributed by atoms with Crippen molar-refractivity contribution in [3.8, 4) is 0 Å². The Morgan fingerprint density at radius 3 is 1.50 bits per heavy atom. The van der Waals surface area contributed by atoms with Crippen LogP contribution in [0.3, 0.4) is 0 Å². The molecule has 6 heteroatoms. The van der Waals surface area contributed by atoms with Crippen LogP contribution in [0, 0.1) is 0 Å². The predicted molar refractivity (Wildman–Crippen MR) is 114 cm³/mol. The van der Waals surface area contributed by atoms with E-state index < -0.39 is 17.9 Å². The highest BCUT2D eigenvalue weighted by atomic mass is 16.2. The average molecular weight is 398 g/mol. The van der Waals surface area contributed by atoms with E-state index >= 15 is 0 Å². The third-order valence-electron chi connectivity index (χ3n) is 5.03. The van der Waals surface area contributed by atoms with Crippen LogP contribution in [0.25, 0.3) is 0 Å². The van der Waals surface area contributed by atoms with E-state index in [2.05, 4.69) is 12.2 Å². The van der Waals surface area contributed by atoms with Gasteiger partial charge in [-0.3, -0.25) is 19.7 Å². The lowest BCUT2D eigenvalue weighted by Gasteiger charge is -2.09. The SMILES string of the molecule is CCCCCCCCCCCCCCCCCC(=O)NC(=O)[C@@H](N)CC(N)=O. The lowest BCUT2D eigenvalue weighted by Crippen LogP contribution is -2.45. The van der Waals surface area contributed by atoms with E-state index in [0.717, 1.165) is 19.3 Å². The molecule has 0 saturated carbocycles. The van der Waals surface area contributed by atoms with Gasteiger partial charge in [0.1, 0.15) is 0 Å². The van der Waals surface area contributed by atoms with Gasteiger partial charge in [-0.05, 0) is 6.42 Å². The molecular weight excluding hydrogens is 354 g/mol. The van der Waals surface area contributed by atoms with Gasteiger partial charge in [-0.15, -0.1) is 0 Å². The summed E-state index contributed by atoms with van der Waals surface area (Å²) < 4.78 is 0. The number of carbonyl (C=O) groups excluding carboxylic acids is 3. The summed E-state index contributed by atoms with van der Waals surface area (Å²) in [7, 11) is 0. The van der Waals surface area contributed by atoms with Gasteiger partial charge < -0.3 is 11.5 Å². The summed E-state index contributed by atoms with van der Waals surface area (Å²) in [4.78, 5) is 34.0. The normalized spacial score (nSPS) is 11.9. The Labute approximate surface area is 171 Å². The number of unbranched alkanes of at least 4 members (excludes halogenated alkanes) is 14. The summed E-state index contributed by atoms with van der Waals surface area (Å²) in [5.41, 5.74) is 10.5. The first-order valence-electron chi connectivity index (χ1n) is 11.3. The molecule has 0 rings (SSSR count). The number of rotatable bonds is 19. The molecule has 0 radical (unpaired) electrons. The number of imide groups is 1. The quantitative estimate of drug-likeness (QED) is 0.285. The van der Waals surface area contributed by atoms with Crippen LogP contribution >= 0.6 is 0 Å². The molecule has 0 unspecified atom stereocenters. The van der Waals surface area contributed by atoms with E-state index in [9.17, 15) is 14.4 Å². The van der Waals surface area contributed by atoms with Crippen molar-refractivity contribution >= 4 is 17.7 Å². The maximum Gasteiger partial charge on any atom is 0.243 e. The van der Waals surface area contributed by atoms with Crippen LogP contribution in [0.2, 0.25) is 0 Å². The lowest BCUT2D eigenvalue weighted by molar-refractivity contribution is -0.132. The molecule has 0 heterocycles. The monoisotopic (exact) mass is 397 g/mol. The van der Waals surface area contributed by atoms with Gasteiger partial charge in [-0.1, -0.05) is 96.8 Å². The molecule has 0 aromatic heterocycles. The van der Waals surface area contributed by atoms with Gasteiger partial charge in [-0.2, -0.15) is 0 Å². The Hall–Kier alpha value is -1.43. The lowest BCUT2D eigenvalue weighted by atomic mass is 10.0. The van der Waals surface area contributed by atoms with Crippen molar-refractivity contribution < 1.29 is 14.4 Å². The van der Waals surface area contributed by atoms with Gasteiger partial charge >= 0.3 is 0 Å². The Balaban J connectivity index is 3.35. The van der Waals surface area contributed by atoms with Gasteiger partial charge in [0, 0.05) is 6.42 Å². The standard InChI is InChI=1S/C22H43N3O3/c1-2-3-4-5-6-7-8-9-10-11-12-13-14-15-16-17-21(27)25-22(28)19(23)18-20(24)26/h19H,2-18,23H2,1H3,(H2,24,26)(H,25,27,28)/t19-/m0/s1. The van der Waals surface area contributed by atoms with Crippen LogP contribution in [-0.4, -0.2) is 23.8 Å². The summed E-state index contributed by atoms with van der Waals surface area (Å²) in [6, 6.07) is -1.05. The molecule has 0 spiro atoms. The third kappa shape index (κ3) is 18.0. The highest BCUT2D eigenvalue weighted by Gasteiger charge is 2.17. The summed E-state index contributed by atoms with van der Waals surface area (Å²) in [6.45, 7) is 2.26. The summed E-state index contributed by atoms with van der Waals surface area (Å²) in [5.74, 6) is -1.62. The fourth-order valence-electron chi connectivity index (χ4n) is 3.26. The van der Waals surface area contributed by atoms with Gasteiger partial charge in [-0.25, -0.2) is 0 Å². The topological polar surface area (TPSA) is 115 Å². The highest BCUT2D eigenvalue weighted by Crippen LogP contribution is 2.13. The zero-order valence-electron chi connectivity index (χ0n) is 18.0. The number of nitrogens with one attached hydrogen (secondary N) is 1. The summed E-state index contributed by atoms with van der Waals surface area (Å²) >= 11 is 0. The van der Waals surface area contributed by atoms with Crippen molar-refractivity contribution in [3.05, 3.63) is 0 Å². The molecule has 0 saturated heterocycles. The minimum absolute atomic E-state index is 0.252. The molecule has 1 atom stereocenters. The molecule has 6 nitrogen and oxygen atoms in total. The zero-order valence-corrected chi connectivity index (χ0v) is 18.0. The van der Waals surface area contributed by atoms with Gasteiger partial charge in [0.15, 0.2) is 0 Å². The Kier molecular flexibility index (Phi) is 17.9. The van der Waals surface area contributed by atoms with Crippen molar-refractivity contribution in [3.63, 3.8) is 0 Å². The van der Waals surface area contributed by atoms with Gasteiger partial charge in [0.2, 0.25) is 17.7 Å². The zero-order chi connectivity index (χ0) is 21.0. The largest absolute Gasteiger partial charge is 0.370 e. The van der Waals surface area contributed by atoms with Crippen LogP contribution in [0.15, 0.2) is 0 Å². The van der Waals surface area contributed by atoms with E-state index in [1.54, 1.807) is 0 Å². The molecule has 0 fully saturated rings. The Morgan fingerprint density at radius 2 is 1.11 bits per heavy atom. The molecule has 0 aliphatic carbocycles. The minimum atomic E-state index is -1.05. The fourth-order valence-corrected chi connectivity index (χ4v) is 3.26. The Bertz CT molecular complexity index is 427. The molecule has 0 aliphatic heterocycles. The van der Waals surface area contributed by atoms with Crippen LogP contribution in [0.1, 0.15) is 116 Å². The Morgan fingerprint density at radius 1 is 0.714 bits per heavy atom. The predicted octanol–water partition coefficient (Wildman–Crippen LogP) is 4.09. The average Bonchev–Trinajstić information content (AvgIpc) is 2.64. The minimum Gasteiger partial charge on any atom is -0.370 e. The molecule has 28 heavy (non-hydrogen) atoms. The van der Waals surface area contributed by atoms with Crippen molar-refractivity contribution in [2.24, 2.45) is 11.5 Å². The third-order valence-corrected chi connectivity index (χ3v) is 5.03. The number of nitrogens with two attached hydrogens (primary N) is 2. The number of hydrogen-bond acceptors (Lipinski definition) is 4. The molecule has 164 valence electrons. The molecule has 0 aromatic rings. The van der Waals surface area contributed by atoms with Gasteiger partial charge in [0.05, 0.1) is 12.5 Å². The second kappa shape index (κ2) is 18.9. The van der Waals surface area contributed by atoms with E-state index in [0.29, 0.717) is 6.42 Å². The first-order valence-corrected chi connectivity index (χ1v) is 11.3. The number of carbonyl (C=O) groups is 3. The summed E-state index contributed by atoms with van der Waals surface area (Å²) in [5, 5.41) is 2.22. The van der Waals surface area contributed by atoms with Crippen LogP contribution in [0.5, 0.6) is 0 Å². The van der Waals surface area contributed by atoms with E-state index in [1.165, 1.54) is 77.0 Å². The summed E-state index contributed by atoms with van der Waals surface area (Å²) in [6.07, 6.45) is 19.1. The first-order chi connectivity index (χ1) is 13.5. The van der Waals surface area contributed by atoms with Crippen LogP contribution < -0.4 is 16.8 Å². The highest BCUT2D eigenvalue weighted by molar-refractivity contribution is 5.99. The molecule has 3 amide bonds. The number of hydrogen-bond donors (Lipinski definition) is 3. The second-order valence-corrected chi connectivity index (χ2v) is 7.89. The molecule has 0 aromatic carbocycles.